The van der Waals surface area contributed by atoms with E-state index in [0.29, 0.717) is 16.8 Å². The highest BCUT2D eigenvalue weighted by Gasteiger charge is 2.24. The van der Waals surface area contributed by atoms with E-state index in [0.717, 1.165) is 36.5 Å². The number of carbonyl (C=O) groups excluding carboxylic acids is 1. The molecule has 6 heteroatoms. The Bertz CT molecular complexity index is 665. The van der Waals surface area contributed by atoms with Gasteiger partial charge in [0.15, 0.2) is 0 Å². The minimum absolute atomic E-state index is 0.0269. The molecule has 22 heavy (non-hydrogen) atoms. The number of nitrogens with zero attached hydrogens (tertiary/aromatic N) is 2. The maximum absolute atomic E-state index is 12.5. The summed E-state index contributed by atoms with van der Waals surface area (Å²) in [5.74, 6) is 0.0269. The van der Waals surface area contributed by atoms with Crippen LogP contribution >= 0.6 is 22.9 Å². The summed E-state index contributed by atoms with van der Waals surface area (Å²) in [4.78, 5) is 18.9. The topological polar surface area (TPSA) is 45.2 Å². The molecule has 2 heterocycles. The largest absolute Gasteiger partial charge is 0.337 e. The molecule has 0 radical (unpaired) electrons. The van der Waals surface area contributed by atoms with Crippen LogP contribution in [0.5, 0.6) is 0 Å². The third kappa shape index (κ3) is 3.32. The molecule has 4 nitrogen and oxygen atoms in total. The number of halogens is 1. The summed E-state index contributed by atoms with van der Waals surface area (Å²) in [7, 11) is 1.97. The van der Waals surface area contributed by atoms with Gasteiger partial charge in [0.25, 0.3) is 5.91 Å². The Kier molecular flexibility index (Phi) is 4.76. The van der Waals surface area contributed by atoms with Gasteiger partial charge in [0, 0.05) is 35.1 Å². The van der Waals surface area contributed by atoms with Crippen LogP contribution in [0.15, 0.2) is 29.6 Å². The first-order valence-electron chi connectivity index (χ1n) is 7.35. The van der Waals surface area contributed by atoms with Crippen molar-refractivity contribution in [2.45, 2.75) is 18.9 Å². The van der Waals surface area contributed by atoms with Crippen molar-refractivity contribution < 1.29 is 4.79 Å². The standard InChI is InChI=1S/C16H18ClN3OS/c1-18-13-5-7-20(8-6-13)16(21)14-10-22-15(19-14)11-3-2-4-12(17)9-11/h2-4,9-10,13,18H,5-8H2,1H3. The molecule has 0 aliphatic carbocycles. The number of hydrogen-bond acceptors (Lipinski definition) is 4. The summed E-state index contributed by atoms with van der Waals surface area (Å²) in [5.41, 5.74) is 1.48. The van der Waals surface area contributed by atoms with E-state index in [2.05, 4.69) is 10.3 Å². The molecule has 1 saturated heterocycles. The molecule has 0 bridgehead atoms. The fourth-order valence-corrected chi connectivity index (χ4v) is 3.64. The van der Waals surface area contributed by atoms with E-state index >= 15 is 0 Å². The molecule has 1 amide bonds. The van der Waals surface area contributed by atoms with Crippen LogP contribution in [0.2, 0.25) is 5.02 Å². The average Bonchev–Trinajstić information content (AvgIpc) is 3.04. The van der Waals surface area contributed by atoms with Gasteiger partial charge in [-0.2, -0.15) is 0 Å². The average molecular weight is 336 g/mol. The second-order valence-electron chi connectivity index (χ2n) is 5.40. The molecule has 1 aromatic carbocycles. The highest BCUT2D eigenvalue weighted by atomic mass is 35.5. The Morgan fingerprint density at radius 1 is 1.41 bits per heavy atom. The first kappa shape index (κ1) is 15.5. The van der Waals surface area contributed by atoms with Crippen LogP contribution in [0.3, 0.4) is 0 Å². The van der Waals surface area contributed by atoms with Crippen molar-refractivity contribution in [3.63, 3.8) is 0 Å². The lowest BCUT2D eigenvalue weighted by Crippen LogP contribution is -2.44. The van der Waals surface area contributed by atoms with Crippen LogP contribution in [0.1, 0.15) is 23.3 Å². The van der Waals surface area contributed by atoms with Crippen LogP contribution in [-0.4, -0.2) is 42.0 Å². The maximum Gasteiger partial charge on any atom is 0.273 e. The minimum atomic E-state index is 0.0269. The van der Waals surface area contributed by atoms with Gasteiger partial charge in [0.2, 0.25) is 0 Å². The molecule has 0 unspecified atom stereocenters. The summed E-state index contributed by atoms with van der Waals surface area (Å²) in [6.07, 6.45) is 1.99. The Hall–Kier alpha value is -1.43. The van der Waals surface area contributed by atoms with Crippen molar-refractivity contribution in [1.82, 2.24) is 15.2 Å². The van der Waals surface area contributed by atoms with Crippen LogP contribution < -0.4 is 5.32 Å². The Morgan fingerprint density at radius 3 is 2.86 bits per heavy atom. The smallest absolute Gasteiger partial charge is 0.273 e. The van der Waals surface area contributed by atoms with Gasteiger partial charge in [-0.05, 0) is 32.0 Å². The summed E-state index contributed by atoms with van der Waals surface area (Å²) >= 11 is 7.49. The molecule has 1 fully saturated rings. The normalized spacial score (nSPS) is 16.0. The van der Waals surface area contributed by atoms with Crippen LogP contribution in [-0.2, 0) is 0 Å². The molecule has 3 rings (SSSR count). The predicted octanol–water partition coefficient (Wildman–Crippen LogP) is 3.29. The second kappa shape index (κ2) is 6.77. The van der Waals surface area contributed by atoms with Crippen LogP contribution in [0, 0.1) is 0 Å². The fraction of sp³-hybridized carbons (Fsp3) is 0.375. The van der Waals surface area contributed by atoms with Crippen molar-refractivity contribution in [3.8, 4) is 10.6 Å². The SMILES string of the molecule is CNC1CCN(C(=O)c2csc(-c3cccc(Cl)c3)n2)CC1. The highest BCUT2D eigenvalue weighted by molar-refractivity contribution is 7.13. The van der Waals surface area contributed by atoms with E-state index in [1.807, 2.05) is 41.6 Å². The third-order valence-corrected chi connectivity index (χ3v) is 5.11. The van der Waals surface area contributed by atoms with E-state index in [-0.39, 0.29) is 5.91 Å². The minimum Gasteiger partial charge on any atom is -0.337 e. The number of amides is 1. The molecule has 0 spiro atoms. The number of likely N-dealkylation sites (tertiary alicyclic amines) is 1. The number of rotatable bonds is 3. The first-order chi connectivity index (χ1) is 10.7. The van der Waals surface area contributed by atoms with Crippen LogP contribution in [0.25, 0.3) is 10.6 Å². The number of benzene rings is 1. The summed E-state index contributed by atoms with van der Waals surface area (Å²) in [5, 5.41) is 6.61. The van der Waals surface area contributed by atoms with Gasteiger partial charge in [0.05, 0.1) is 0 Å². The van der Waals surface area contributed by atoms with E-state index in [1.165, 1.54) is 11.3 Å². The molecule has 1 aromatic heterocycles. The second-order valence-corrected chi connectivity index (χ2v) is 6.70. The molecule has 0 atom stereocenters. The van der Waals surface area contributed by atoms with Gasteiger partial charge in [-0.15, -0.1) is 11.3 Å². The maximum atomic E-state index is 12.5. The predicted molar refractivity (Wildman–Crippen MR) is 90.5 cm³/mol. The molecular weight excluding hydrogens is 318 g/mol. The lowest BCUT2D eigenvalue weighted by atomic mass is 10.1. The van der Waals surface area contributed by atoms with Crippen molar-refractivity contribution in [3.05, 3.63) is 40.4 Å². The molecule has 116 valence electrons. The zero-order chi connectivity index (χ0) is 15.5. The van der Waals surface area contributed by atoms with Crippen LogP contribution in [0.4, 0.5) is 0 Å². The molecule has 1 aliphatic heterocycles. The van der Waals surface area contributed by atoms with E-state index in [9.17, 15) is 4.79 Å². The van der Waals surface area contributed by atoms with E-state index in [4.69, 9.17) is 11.6 Å². The van der Waals surface area contributed by atoms with Gasteiger partial charge >= 0.3 is 0 Å². The number of hydrogen-bond donors (Lipinski definition) is 1. The first-order valence-corrected chi connectivity index (χ1v) is 8.61. The number of aromatic nitrogens is 1. The zero-order valence-electron chi connectivity index (χ0n) is 12.4. The lowest BCUT2D eigenvalue weighted by Gasteiger charge is -2.31. The Balaban J connectivity index is 1.72. The zero-order valence-corrected chi connectivity index (χ0v) is 14.0. The summed E-state index contributed by atoms with van der Waals surface area (Å²) in [6.45, 7) is 1.57. The van der Waals surface area contributed by atoms with Crippen molar-refractivity contribution >= 4 is 28.8 Å². The van der Waals surface area contributed by atoms with Gasteiger partial charge in [-0.3, -0.25) is 4.79 Å². The van der Waals surface area contributed by atoms with Crippen molar-refractivity contribution in [2.24, 2.45) is 0 Å². The van der Waals surface area contributed by atoms with Crippen molar-refractivity contribution in [2.75, 3.05) is 20.1 Å². The van der Waals surface area contributed by atoms with E-state index < -0.39 is 0 Å². The Morgan fingerprint density at radius 2 is 2.18 bits per heavy atom. The summed E-state index contributed by atoms with van der Waals surface area (Å²) in [6, 6.07) is 8.06. The summed E-state index contributed by atoms with van der Waals surface area (Å²) < 4.78 is 0. The molecular formula is C16H18ClN3OS. The number of piperidine rings is 1. The number of thiazole rings is 1. The molecule has 2 aromatic rings. The third-order valence-electron chi connectivity index (χ3n) is 3.99. The highest BCUT2D eigenvalue weighted by Crippen LogP contribution is 2.26. The lowest BCUT2D eigenvalue weighted by molar-refractivity contribution is 0.0702. The monoisotopic (exact) mass is 335 g/mol. The van der Waals surface area contributed by atoms with Gasteiger partial charge < -0.3 is 10.2 Å². The van der Waals surface area contributed by atoms with Gasteiger partial charge in [-0.25, -0.2) is 4.98 Å². The molecule has 0 saturated carbocycles. The van der Waals surface area contributed by atoms with Gasteiger partial charge in [-0.1, -0.05) is 23.7 Å². The van der Waals surface area contributed by atoms with Gasteiger partial charge in [0.1, 0.15) is 10.7 Å². The quantitative estimate of drug-likeness (QED) is 0.936. The molecule has 1 aliphatic rings. The Labute approximate surface area is 139 Å². The number of carbonyl (C=O) groups is 1. The fourth-order valence-electron chi connectivity index (χ4n) is 2.66. The molecule has 1 N–H and O–H groups in total. The van der Waals surface area contributed by atoms with E-state index in [1.54, 1.807) is 0 Å². The van der Waals surface area contributed by atoms with Crippen molar-refractivity contribution in [1.29, 1.82) is 0 Å². The number of nitrogens with one attached hydrogen (secondary N) is 1.